The van der Waals surface area contributed by atoms with Crippen molar-refractivity contribution in [1.29, 1.82) is 0 Å². The number of aliphatic hydroxyl groups excluding tert-OH is 1. The maximum absolute atomic E-state index is 12.9. The number of carbonyl (C=O) groups is 2. The summed E-state index contributed by atoms with van der Waals surface area (Å²) < 4.78 is 0. The molecule has 4 rings (SSSR count). The Bertz CT molecular complexity index is 874. The van der Waals surface area contributed by atoms with Gasteiger partial charge in [-0.15, -0.1) is 11.3 Å². The SMILES string of the molecule is CC(=O)c1cc(CN2CCC3(CC2)CC(O)CN(C(=O)c2cccnc2)C3)cs1. The number of amides is 1. The molecule has 6 nitrogen and oxygen atoms in total. The lowest BCUT2D eigenvalue weighted by atomic mass is 9.71. The lowest BCUT2D eigenvalue weighted by Crippen LogP contribution is -2.55. The number of hydrogen-bond acceptors (Lipinski definition) is 6. The Hall–Kier alpha value is -2.09. The number of β-amino-alcohol motifs (C(OH)–C–C–N with tert-alkyl or cyclic N) is 1. The minimum absolute atomic E-state index is 0.0226. The highest BCUT2D eigenvalue weighted by molar-refractivity contribution is 7.12. The van der Waals surface area contributed by atoms with Crippen LogP contribution in [0.5, 0.6) is 0 Å². The summed E-state index contributed by atoms with van der Waals surface area (Å²) in [6.45, 7) is 5.41. The molecule has 0 radical (unpaired) electrons. The Balaban J connectivity index is 1.38. The standard InChI is InChI=1S/C22H27N3O3S/c1-16(26)20-9-17(14-29-20)12-24-7-4-22(5-8-24)10-19(27)13-25(15-22)21(28)18-3-2-6-23-11-18/h2-3,6,9,11,14,19,27H,4-5,7-8,10,12-13,15H2,1H3. The molecule has 1 unspecified atom stereocenters. The molecule has 1 N–H and O–H groups in total. The van der Waals surface area contributed by atoms with Crippen LogP contribution in [0.2, 0.25) is 0 Å². The molecule has 2 aliphatic heterocycles. The number of hydrogen-bond donors (Lipinski definition) is 1. The van der Waals surface area contributed by atoms with Crippen molar-refractivity contribution in [3.63, 3.8) is 0 Å². The highest BCUT2D eigenvalue weighted by Gasteiger charge is 2.43. The predicted octanol–water partition coefficient (Wildman–Crippen LogP) is 2.83. The molecule has 1 amide bonds. The summed E-state index contributed by atoms with van der Waals surface area (Å²) in [5.74, 6) is 0.0714. The zero-order chi connectivity index (χ0) is 20.4. The van der Waals surface area contributed by atoms with Gasteiger partial charge in [-0.1, -0.05) is 0 Å². The molecule has 2 aromatic rings. The number of thiophene rings is 1. The van der Waals surface area contributed by atoms with Gasteiger partial charge in [0.15, 0.2) is 5.78 Å². The fourth-order valence-corrected chi connectivity index (χ4v) is 5.43. The average molecular weight is 414 g/mol. The number of ketones is 1. The molecule has 4 heterocycles. The smallest absolute Gasteiger partial charge is 0.255 e. The number of carbonyl (C=O) groups excluding carboxylic acids is 2. The first-order valence-electron chi connectivity index (χ1n) is 10.1. The maximum Gasteiger partial charge on any atom is 0.255 e. The van der Waals surface area contributed by atoms with E-state index >= 15 is 0 Å². The van der Waals surface area contributed by atoms with E-state index in [9.17, 15) is 14.7 Å². The molecule has 0 aliphatic carbocycles. The largest absolute Gasteiger partial charge is 0.391 e. The zero-order valence-corrected chi connectivity index (χ0v) is 17.5. The first-order valence-corrected chi connectivity index (χ1v) is 11.0. The van der Waals surface area contributed by atoms with Gasteiger partial charge in [-0.3, -0.25) is 19.5 Å². The Morgan fingerprint density at radius 2 is 2.14 bits per heavy atom. The van der Waals surface area contributed by atoms with E-state index in [1.165, 1.54) is 16.9 Å². The number of piperidine rings is 2. The van der Waals surface area contributed by atoms with Crippen LogP contribution in [0.4, 0.5) is 0 Å². The lowest BCUT2D eigenvalue weighted by molar-refractivity contribution is -0.0337. The topological polar surface area (TPSA) is 73.7 Å². The van der Waals surface area contributed by atoms with E-state index < -0.39 is 6.10 Å². The van der Waals surface area contributed by atoms with Crippen LogP contribution in [0.25, 0.3) is 0 Å². The Morgan fingerprint density at radius 1 is 1.34 bits per heavy atom. The molecule has 2 saturated heterocycles. The monoisotopic (exact) mass is 413 g/mol. The Kier molecular flexibility index (Phi) is 5.81. The molecule has 1 spiro atoms. The number of pyridine rings is 1. The van der Waals surface area contributed by atoms with Crippen molar-refractivity contribution < 1.29 is 14.7 Å². The molecule has 154 valence electrons. The minimum atomic E-state index is -0.481. The second kappa shape index (κ2) is 8.34. The normalized spacial score (nSPS) is 22.0. The number of aliphatic hydroxyl groups is 1. The molecular weight excluding hydrogens is 386 g/mol. The quantitative estimate of drug-likeness (QED) is 0.781. The molecule has 2 aliphatic rings. The van der Waals surface area contributed by atoms with Gasteiger partial charge in [0.05, 0.1) is 16.5 Å². The van der Waals surface area contributed by atoms with E-state index in [1.54, 1.807) is 36.4 Å². The molecular formula is C22H27N3O3S. The van der Waals surface area contributed by atoms with Crippen molar-refractivity contribution in [2.24, 2.45) is 5.41 Å². The first-order chi connectivity index (χ1) is 13.9. The summed E-state index contributed by atoms with van der Waals surface area (Å²) in [5, 5.41) is 12.6. The summed E-state index contributed by atoms with van der Waals surface area (Å²) in [5.41, 5.74) is 1.74. The predicted molar refractivity (Wildman–Crippen MR) is 112 cm³/mol. The van der Waals surface area contributed by atoms with Gasteiger partial charge in [-0.2, -0.15) is 0 Å². The fourth-order valence-electron chi connectivity index (χ4n) is 4.63. The third-order valence-electron chi connectivity index (χ3n) is 6.15. The summed E-state index contributed by atoms with van der Waals surface area (Å²) in [4.78, 5) is 33.5. The second-order valence-electron chi connectivity index (χ2n) is 8.44. The first kappa shape index (κ1) is 20.2. The van der Waals surface area contributed by atoms with Crippen LogP contribution in [-0.4, -0.2) is 63.9 Å². The van der Waals surface area contributed by atoms with Crippen LogP contribution in [0.1, 0.15) is 51.8 Å². The Morgan fingerprint density at radius 3 is 2.79 bits per heavy atom. The summed E-state index contributed by atoms with van der Waals surface area (Å²) in [7, 11) is 0. The van der Waals surface area contributed by atoms with Crippen molar-refractivity contribution in [1.82, 2.24) is 14.8 Å². The van der Waals surface area contributed by atoms with Crippen molar-refractivity contribution in [3.8, 4) is 0 Å². The molecule has 7 heteroatoms. The number of Topliss-reactive ketones (excluding diaryl/α,β-unsaturated/α-hetero) is 1. The van der Waals surface area contributed by atoms with E-state index in [0.29, 0.717) is 18.7 Å². The average Bonchev–Trinajstić information content (AvgIpc) is 3.18. The molecule has 0 aromatic carbocycles. The van der Waals surface area contributed by atoms with Crippen molar-refractivity contribution >= 4 is 23.0 Å². The van der Waals surface area contributed by atoms with Crippen LogP contribution in [0.3, 0.4) is 0 Å². The zero-order valence-electron chi connectivity index (χ0n) is 16.7. The molecule has 2 fully saturated rings. The van der Waals surface area contributed by atoms with E-state index in [-0.39, 0.29) is 17.1 Å². The van der Waals surface area contributed by atoms with Crippen LogP contribution in [0.15, 0.2) is 36.0 Å². The van der Waals surface area contributed by atoms with Crippen molar-refractivity contribution in [2.45, 2.75) is 38.8 Å². The van der Waals surface area contributed by atoms with Crippen LogP contribution < -0.4 is 0 Å². The van der Waals surface area contributed by atoms with Gasteiger partial charge in [0.25, 0.3) is 5.91 Å². The Labute approximate surface area is 175 Å². The number of rotatable bonds is 4. The van der Waals surface area contributed by atoms with Gasteiger partial charge < -0.3 is 10.0 Å². The van der Waals surface area contributed by atoms with Crippen molar-refractivity contribution in [3.05, 3.63) is 52.0 Å². The van der Waals surface area contributed by atoms with Gasteiger partial charge >= 0.3 is 0 Å². The highest BCUT2D eigenvalue weighted by atomic mass is 32.1. The summed E-state index contributed by atoms with van der Waals surface area (Å²) in [6.07, 6.45) is 5.45. The number of likely N-dealkylation sites (tertiary alicyclic amines) is 2. The van der Waals surface area contributed by atoms with Gasteiger partial charge in [-0.25, -0.2) is 0 Å². The summed E-state index contributed by atoms with van der Waals surface area (Å²) >= 11 is 1.51. The van der Waals surface area contributed by atoms with Gasteiger partial charge in [0.2, 0.25) is 0 Å². The number of nitrogens with zero attached hydrogens (tertiary/aromatic N) is 3. The van der Waals surface area contributed by atoms with E-state index in [4.69, 9.17) is 0 Å². The van der Waals surface area contributed by atoms with Gasteiger partial charge in [0.1, 0.15) is 0 Å². The van der Waals surface area contributed by atoms with Crippen LogP contribution in [0, 0.1) is 5.41 Å². The molecule has 1 atom stereocenters. The van der Waals surface area contributed by atoms with Crippen LogP contribution >= 0.6 is 11.3 Å². The van der Waals surface area contributed by atoms with Gasteiger partial charge in [-0.05, 0) is 73.8 Å². The molecule has 0 bridgehead atoms. The lowest BCUT2D eigenvalue weighted by Gasteiger charge is -2.49. The fraction of sp³-hybridized carbons (Fsp3) is 0.500. The van der Waals surface area contributed by atoms with E-state index in [0.717, 1.165) is 43.8 Å². The maximum atomic E-state index is 12.9. The minimum Gasteiger partial charge on any atom is -0.391 e. The van der Waals surface area contributed by atoms with E-state index in [1.807, 2.05) is 6.07 Å². The van der Waals surface area contributed by atoms with Gasteiger partial charge in [0, 0.05) is 32.0 Å². The molecule has 2 aromatic heterocycles. The van der Waals surface area contributed by atoms with Crippen LogP contribution in [-0.2, 0) is 6.54 Å². The second-order valence-corrected chi connectivity index (χ2v) is 9.35. The summed E-state index contributed by atoms with van der Waals surface area (Å²) in [6, 6.07) is 5.54. The third kappa shape index (κ3) is 4.57. The van der Waals surface area contributed by atoms with Crippen molar-refractivity contribution in [2.75, 3.05) is 26.2 Å². The molecule has 29 heavy (non-hydrogen) atoms. The molecule has 0 saturated carbocycles. The third-order valence-corrected chi connectivity index (χ3v) is 7.23. The highest BCUT2D eigenvalue weighted by Crippen LogP contribution is 2.40. The van der Waals surface area contributed by atoms with E-state index in [2.05, 4.69) is 15.3 Å². The number of aromatic nitrogens is 1.